The Labute approximate surface area is 190 Å². The zero-order chi connectivity index (χ0) is 23.7. The summed E-state index contributed by atoms with van der Waals surface area (Å²) in [6.45, 7) is 1.23. The molecule has 33 heavy (non-hydrogen) atoms. The molecule has 0 aliphatic carbocycles. The maximum atomic E-state index is 13.6. The Morgan fingerprint density at radius 2 is 2.00 bits per heavy atom. The van der Waals surface area contributed by atoms with Crippen LogP contribution in [0, 0.1) is 10.1 Å². The van der Waals surface area contributed by atoms with E-state index < -0.39 is 16.9 Å². The second kappa shape index (κ2) is 8.99. The Morgan fingerprint density at radius 1 is 1.24 bits per heavy atom. The Balaban J connectivity index is 1.82. The van der Waals surface area contributed by atoms with Crippen molar-refractivity contribution in [1.82, 2.24) is 10.2 Å². The van der Waals surface area contributed by atoms with Gasteiger partial charge in [-0.05, 0) is 30.2 Å². The third-order valence-corrected chi connectivity index (χ3v) is 6.17. The van der Waals surface area contributed by atoms with E-state index in [1.807, 2.05) is 0 Å². The summed E-state index contributed by atoms with van der Waals surface area (Å²) in [5.74, 6) is -1.16. The molecule has 2 aliphatic rings. The van der Waals surface area contributed by atoms with E-state index in [4.69, 9.17) is 4.74 Å². The van der Waals surface area contributed by atoms with Crippen LogP contribution in [0.2, 0.25) is 0 Å². The van der Waals surface area contributed by atoms with Crippen molar-refractivity contribution < 1.29 is 24.0 Å². The van der Waals surface area contributed by atoms with Crippen LogP contribution < -0.4 is 10.2 Å². The number of non-ortho nitro benzene ring substituents is 1. The molecule has 1 N–H and O–H groups in total. The largest absolute Gasteiger partial charge is 0.383 e. The molecule has 0 bridgehead atoms. The Bertz CT molecular complexity index is 1130. The third-order valence-electron chi connectivity index (χ3n) is 6.17. The van der Waals surface area contributed by atoms with E-state index in [1.54, 1.807) is 30.2 Å². The zero-order valence-electron chi connectivity index (χ0n) is 18.3. The molecule has 0 spiro atoms. The summed E-state index contributed by atoms with van der Waals surface area (Å²) in [7, 11) is 3.07. The van der Waals surface area contributed by atoms with Gasteiger partial charge in [0.25, 0.3) is 17.5 Å². The summed E-state index contributed by atoms with van der Waals surface area (Å²) in [6, 6.07) is 9.71. The smallest absolute Gasteiger partial charge is 0.270 e. The van der Waals surface area contributed by atoms with Gasteiger partial charge in [0.05, 0.1) is 11.5 Å². The van der Waals surface area contributed by atoms with Crippen LogP contribution in [0.3, 0.4) is 0 Å². The average molecular weight is 452 g/mol. The third kappa shape index (κ3) is 3.93. The highest BCUT2D eigenvalue weighted by Crippen LogP contribution is 2.44. The van der Waals surface area contributed by atoms with Crippen LogP contribution in [-0.2, 0) is 9.53 Å². The number of rotatable bonds is 6. The van der Waals surface area contributed by atoms with Crippen LogP contribution in [0.25, 0.3) is 0 Å². The average Bonchev–Trinajstić information content (AvgIpc) is 2.84. The first-order valence-electron chi connectivity index (χ1n) is 10.6. The highest BCUT2D eigenvalue weighted by molar-refractivity contribution is 6.12. The van der Waals surface area contributed by atoms with E-state index in [1.165, 1.54) is 36.2 Å². The summed E-state index contributed by atoms with van der Waals surface area (Å²) in [4.78, 5) is 53.3. The van der Waals surface area contributed by atoms with E-state index in [0.29, 0.717) is 37.4 Å². The number of nitro groups is 1. The van der Waals surface area contributed by atoms with E-state index >= 15 is 0 Å². The second-order valence-corrected chi connectivity index (χ2v) is 8.03. The molecule has 172 valence electrons. The van der Waals surface area contributed by atoms with Gasteiger partial charge in [-0.2, -0.15) is 0 Å². The number of benzene rings is 2. The lowest BCUT2D eigenvalue weighted by Gasteiger charge is -2.44. The Kier molecular flexibility index (Phi) is 6.10. The number of anilines is 1. The van der Waals surface area contributed by atoms with Crippen LogP contribution >= 0.6 is 0 Å². The molecule has 4 rings (SSSR count). The number of nitrogens with zero attached hydrogens (tertiary/aromatic N) is 3. The Hall–Kier alpha value is -3.79. The lowest BCUT2D eigenvalue weighted by Crippen LogP contribution is -2.55. The number of hydrogen-bond donors (Lipinski definition) is 1. The highest BCUT2D eigenvalue weighted by Gasteiger charge is 2.44. The number of amides is 3. The SMILES string of the molecule is CNC(=O)[C@@H]1C[C@H]2CN(CCOC)C(=O)c3cccc(c32)N1C(=O)c1cccc([N+](=O)[O-])c1. The van der Waals surface area contributed by atoms with Gasteiger partial charge in [-0.15, -0.1) is 0 Å². The van der Waals surface area contributed by atoms with Crippen molar-refractivity contribution >= 4 is 29.1 Å². The maximum absolute atomic E-state index is 13.6. The molecule has 0 saturated heterocycles. The topological polar surface area (TPSA) is 122 Å². The molecule has 3 amide bonds. The molecule has 0 aromatic heterocycles. The second-order valence-electron chi connectivity index (χ2n) is 8.03. The summed E-state index contributed by atoms with van der Waals surface area (Å²) in [6.07, 6.45) is 0.321. The van der Waals surface area contributed by atoms with E-state index in [9.17, 15) is 24.5 Å². The quantitative estimate of drug-likeness (QED) is 0.528. The monoisotopic (exact) mass is 452 g/mol. The zero-order valence-corrected chi connectivity index (χ0v) is 18.3. The van der Waals surface area contributed by atoms with Gasteiger partial charge in [0.15, 0.2) is 0 Å². The van der Waals surface area contributed by atoms with Gasteiger partial charge in [-0.1, -0.05) is 12.1 Å². The molecule has 2 atom stereocenters. The molecule has 2 heterocycles. The first-order valence-corrected chi connectivity index (χ1v) is 10.6. The van der Waals surface area contributed by atoms with Crippen molar-refractivity contribution in [3.63, 3.8) is 0 Å². The highest BCUT2D eigenvalue weighted by atomic mass is 16.6. The molecule has 10 heteroatoms. The number of hydrogen-bond acceptors (Lipinski definition) is 6. The van der Waals surface area contributed by atoms with Crippen molar-refractivity contribution in [3.05, 3.63) is 69.3 Å². The lowest BCUT2D eigenvalue weighted by molar-refractivity contribution is -0.384. The molecule has 2 aromatic carbocycles. The predicted octanol–water partition coefficient (Wildman–Crippen LogP) is 1.95. The number of methoxy groups -OCH3 is 1. The molecule has 0 saturated carbocycles. The minimum Gasteiger partial charge on any atom is -0.383 e. The van der Waals surface area contributed by atoms with Crippen molar-refractivity contribution in [3.8, 4) is 0 Å². The van der Waals surface area contributed by atoms with Crippen LogP contribution in [0.1, 0.15) is 38.6 Å². The first-order chi connectivity index (χ1) is 15.9. The van der Waals surface area contributed by atoms with Gasteiger partial charge in [-0.3, -0.25) is 29.4 Å². The van der Waals surface area contributed by atoms with Gasteiger partial charge in [0.1, 0.15) is 6.04 Å². The van der Waals surface area contributed by atoms with Crippen molar-refractivity contribution in [2.75, 3.05) is 38.8 Å². The van der Waals surface area contributed by atoms with E-state index in [0.717, 1.165) is 5.56 Å². The summed E-state index contributed by atoms with van der Waals surface area (Å²) in [5, 5.41) is 13.8. The normalized spacial score (nSPS) is 19.2. The number of carbonyl (C=O) groups excluding carboxylic acids is 3. The fourth-order valence-corrected chi connectivity index (χ4v) is 4.65. The van der Waals surface area contributed by atoms with Crippen LogP contribution in [-0.4, -0.2) is 67.4 Å². The molecule has 10 nitrogen and oxygen atoms in total. The predicted molar refractivity (Wildman–Crippen MR) is 119 cm³/mol. The molecule has 2 aromatic rings. The fourth-order valence-electron chi connectivity index (χ4n) is 4.65. The van der Waals surface area contributed by atoms with Gasteiger partial charge in [0.2, 0.25) is 5.91 Å². The van der Waals surface area contributed by atoms with Crippen LogP contribution in [0.5, 0.6) is 0 Å². The van der Waals surface area contributed by atoms with Crippen molar-refractivity contribution in [1.29, 1.82) is 0 Å². The molecule has 0 radical (unpaired) electrons. The molecular formula is C23H24N4O6. The van der Waals surface area contributed by atoms with Gasteiger partial charge in [0, 0.05) is 62.1 Å². The van der Waals surface area contributed by atoms with Gasteiger partial charge in [-0.25, -0.2) is 0 Å². The Morgan fingerprint density at radius 3 is 2.70 bits per heavy atom. The van der Waals surface area contributed by atoms with Crippen LogP contribution in [0.15, 0.2) is 42.5 Å². The molecule has 2 aliphatic heterocycles. The maximum Gasteiger partial charge on any atom is 0.270 e. The molecular weight excluding hydrogens is 428 g/mol. The van der Waals surface area contributed by atoms with Crippen molar-refractivity contribution in [2.45, 2.75) is 18.4 Å². The lowest BCUT2D eigenvalue weighted by atomic mass is 9.79. The minimum absolute atomic E-state index is 0.0954. The number of nitro benzene ring substituents is 1. The van der Waals surface area contributed by atoms with Crippen LogP contribution in [0.4, 0.5) is 11.4 Å². The summed E-state index contributed by atoms with van der Waals surface area (Å²) < 4.78 is 5.13. The number of ether oxygens (including phenoxy) is 1. The standard InChI is InChI=1S/C23H24N4O6/c1-24-21(28)19-12-15-13-25(9-10-33-2)23(30)17-7-4-8-18(20(15)17)26(19)22(29)14-5-3-6-16(11-14)27(31)32/h3-8,11,15,19H,9-10,12-13H2,1-2H3,(H,24,28)/t15-,19-/m0/s1. The molecule has 0 fully saturated rings. The molecule has 0 unspecified atom stereocenters. The van der Waals surface area contributed by atoms with Gasteiger partial charge >= 0.3 is 0 Å². The number of likely N-dealkylation sites (N-methyl/N-ethyl adjacent to an activating group) is 1. The number of nitrogens with one attached hydrogen (secondary N) is 1. The van der Waals surface area contributed by atoms with E-state index in [2.05, 4.69) is 5.32 Å². The van der Waals surface area contributed by atoms with Crippen molar-refractivity contribution in [2.24, 2.45) is 0 Å². The summed E-state index contributed by atoms with van der Waals surface area (Å²) >= 11 is 0. The first kappa shape index (κ1) is 22.4. The number of carbonyl (C=O) groups is 3. The fraction of sp³-hybridized carbons (Fsp3) is 0.348. The summed E-state index contributed by atoms with van der Waals surface area (Å²) in [5.41, 5.74) is 1.58. The minimum atomic E-state index is -0.827. The van der Waals surface area contributed by atoms with Gasteiger partial charge < -0.3 is 15.0 Å². The van der Waals surface area contributed by atoms with E-state index in [-0.39, 0.29) is 29.0 Å².